The summed E-state index contributed by atoms with van der Waals surface area (Å²) < 4.78 is 0. The fraction of sp³-hybridized carbons (Fsp3) is 0.146. The zero-order chi connectivity index (χ0) is 34.6. The fourth-order valence-corrected chi connectivity index (χ4v) is 8.63. The minimum absolute atomic E-state index is 0.143. The molecule has 6 aromatic rings. The molecule has 0 radical (unpaired) electrons. The van der Waals surface area contributed by atoms with Crippen molar-refractivity contribution < 1.29 is 0 Å². The number of pyridine rings is 1. The molecule has 0 spiro atoms. The van der Waals surface area contributed by atoms with E-state index in [-0.39, 0.29) is 17.8 Å². The maximum Gasteiger partial charge on any atom is 0.0991 e. The maximum absolute atomic E-state index is 9.21. The van der Waals surface area contributed by atoms with Crippen molar-refractivity contribution in [1.82, 2.24) is 4.98 Å². The van der Waals surface area contributed by atoms with Crippen LogP contribution in [-0.4, -0.2) is 10.7 Å². The first-order valence-electron chi connectivity index (χ1n) is 17.9. The topological polar surface area (TPSA) is 49.0 Å². The van der Waals surface area contributed by atoms with Crippen LogP contribution in [0.5, 0.6) is 0 Å². The third-order valence-corrected chi connectivity index (χ3v) is 11.2. The summed E-state index contributed by atoms with van der Waals surface area (Å²) in [6.45, 7) is 7.04. The number of nitriles is 1. The molecule has 1 aliphatic heterocycles. The first kappa shape index (κ1) is 30.9. The molecule has 5 aromatic carbocycles. The van der Waals surface area contributed by atoms with Gasteiger partial charge in [0.2, 0.25) is 0 Å². The molecule has 3 heteroatoms. The van der Waals surface area contributed by atoms with Crippen LogP contribution in [0.3, 0.4) is 0 Å². The SMILES string of the molecule is CC1=C2C(C3C=CC=CC3C)=Nc3cc(-c4ccc(-c5ccc(C#N)cc5)cc4)ccc3C2C(C)c2c(-c3ccccc3)nc3ccccc3c21. The van der Waals surface area contributed by atoms with E-state index >= 15 is 0 Å². The molecule has 0 bridgehead atoms. The average Bonchev–Trinajstić information content (AvgIpc) is 3.19. The number of rotatable bonds is 4. The molecular weight excluding hydrogens is 619 g/mol. The molecule has 9 rings (SSSR count). The van der Waals surface area contributed by atoms with Crippen LogP contribution in [0.25, 0.3) is 50.0 Å². The summed E-state index contributed by atoms with van der Waals surface area (Å²) in [5.74, 6) is 0.831. The second-order valence-electron chi connectivity index (χ2n) is 14.1. The molecule has 2 heterocycles. The average molecular weight is 656 g/mol. The minimum atomic E-state index is 0.143. The third-order valence-electron chi connectivity index (χ3n) is 11.2. The summed E-state index contributed by atoms with van der Waals surface area (Å²) in [5, 5.41) is 10.4. The van der Waals surface area contributed by atoms with E-state index in [2.05, 4.69) is 148 Å². The van der Waals surface area contributed by atoms with Crippen LogP contribution in [0, 0.1) is 23.2 Å². The lowest BCUT2D eigenvalue weighted by molar-refractivity contribution is 0.606. The second kappa shape index (κ2) is 12.3. The number of fused-ring (bicyclic) bond motifs is 6. The summed E-state index contributed by atoms with van der Waals surface area (Å²) in [5.41, 5.74) is 17.3. The van der Waals surface area contributed by atoms with Gasteiger partial charge in [0.15, 0.2) is 0 Å². The van der Waals surface area contributed by atoms with Gasteiger partial charge in [0.1, 0.15) is 0 Å². The number of para-hydroxylation sites is 1. The van der Waals surface area contributed by atoms with Crippen molar-refractivity contribution in [3.8, 4) is 39.6 Å². The quantitative estimate of drug-likeness (QED) is 0.190. The van der Waals surface area contributed by atoms with Gasteiger partial charge in [-0.1, -0.05) is 135 Å². The molecule has 1 aromatic heterocycles. The van der Waals surface area contributed by atoms with E-state index in [4.69, 9.17) is 9.98 Å². The zero-order valence-corrected chi connectivity index (χ0v) is 29.0. The van der Waals surface area contributed by atoms with Crippen LogP contribution in [0.1, 0.15) is 54.9 Å². The number of aliphatic imine (C=N–C) groups is 1. The maximum atomic E-state index is 9.21. The van der Waals surface area contributed by atoms with Crippen LogP contribution in [-0.2, 0) is 0 Å². The van der Waals surface area contributed by atoms with E-state index in [9.17, 15) is 5.26 Å². The number of nitrogens with zero attached hydrogens (tertiary/aromatic N) is 3. The molecule has 0 N–H and O–H groups in total. The van der Waals surface area contributed by atoms with E-state index < -0.39 is 0 Å². The normalized spacial score (nSPS) is 20.3. The van der Waals surface area contributed by atoms with Crippen molar-refractivity contribution in [2.24, 2.45) is 16.8 Å². The first-order valence-corrected chi connectivity index (χ1v) is 17.9. The number of aromatic nitrogens is 1. The Hall–Kier alpha value is -6.11. The summed E-state index contributed by atoms with van der Waals surface area (Å²) in [6, 6.07) is 44.9. The second-order valence-corrected chi connectivity index (χ2v) is 14.1. The zero-order valence-electron chi connectivity index (χ0n) is 29.0. The highest BCUT2D eigenvalue weighted by molar-refractivity contribution is 6.15. The summed E-state index contributed by atoms with van der Waals surface area (Å²) in [6.07, 6.45) is 9.01. The van der Waals surface area contributed by atoms with Gasteiger partial charge in [-0.25, -0.2) is 4.98 Å². The van der Waals surface area contributed by atoms with Crippen LogP contribution < -0.4 is 0 Å². The van der Waals surface area contributed by atoms with Crippen molar-refractivity contribution in [3.05, 3.63) is 173 Å². The molecule has 3 nitrogen and oxygen atoms in total. The van der Waals surface area contributed by atoms with Gasteiger partial charge in [-0.15, -0.1) is 0 Å². The molecule has 4 atom stereocenters. The molecule has 4 unspecified atom stereocenters. The monoisotopic (exact) mass is 655 g/mol. The fourth-order valence-electron chi connectivity index (χ4n) is 8.63. The lowest BCUT2D eigenvalue weighted by Crippen LogP contribution is -2.32. The molecule has 2 aliphatic carbocycles. The Balaban J connectivity index is 1.23. The van der Waals surface area contributed by atoms with Crippen LogP contribution in [0.2, 0.25) is 0 Å². The Bertz CT molecular complexity index is 2510. The lowest BCUT2D eigenvalue weighted by Gasteiger charge is -2.42. The summed E-state index contributed by atoms with van der Waals surface area (Å²) in [7, 11) is 0. The summed E-state index contributed by atoms with van der Waals surface area (Å²) >= 11 is 0. The number of allylic oxidation sites excluding steroid dienone is 6. The Morgan fingerprint density at radius 1 is 0.667 bits per heavy atom. The van der Waals surface area contributed by atoms with Crippen molar-refractivity contribution in [1.29, 1.82) is 5.26 Å². The van der Waals surface area contributed by atoms with Crippen molar-refractivity contribution in [3.63, 3.8) is 0 Å². The molecule has 3 aliphatic rings. The van der Waals surface area contributed by atoms with E-state index in [1.54, 1.807) is 0 Å². The predicted molar refractivity (Wildman–Crippen MR) is 211 cm³/mol. The first-order chi connectivity index (χ1) is 25.0. The molecular formula is C48H37N3. The van der Waals surface area contributed by atoms with E-state index in [0.717, 1.165) is 44.7 Å². The van der Waals surface area contributed by atoms with Crippen LogP contribution >= 0.6 is 0 Å². The van der Waals surface area contributed by atoms with Crippen LogP contribution in [0.4, 0.5) is 5.69 Å². The smallest absolute Gasteiger partial charge is 0.0991 e. The Morgan fingerprint density at radius 3 is 2.04 bits per heavy atom. The molecule has 0 fully saturated rings. The van der Waals surface area contributed by atoms with Crippen molar-refractivity contribution >= 4 is 27.9 Å². The van der Waals surface area contributed by atoms with Crippen LogP contribution in [0.15, 0.2) is 156 Å². The van der Waals surface area contributed by atoms with Gasteiger partial charge in [-0.3, -0.25) is 4.99 Å². The number of hydrogen-bond acceptors (Lipinski definition) is 3. The van der Waals surface area contributed by atoms with Gasteiger partial charge in [0.05, 0.1) is 34.2 Å². The standard InChI is InChI=1S/C48H37N3/c1-29-11-7-8-14-38(29)48-46-31(3)43-39-15-9-10-16-41(39)50-47(36-12-5-4-6-13-36)45(43)30(2)44(46)40-26-25-37(27-42(40)51-48)35-23-21-34(22-24-35)33-19-17-32(28-49)18-20-33/h4-27,29-30,38,44H,1-3H3. The van der Waals surface area contributed by atoms with Gasteiger partial charge < -0.3 is 0 Å². The predicted octanol–water partition coefficient (Wildman–Crippen LogP) is 12.2. The number of hydrogen-bond donors (Lipinski definition) is 0. The highest BCUT2D eigenvalue weighted by Gasteiger charge is 2.43. The molecule has 0 saturated heterocycles. The van der Waals surface area contributed by atoms with Crippen molar-refractivity contribution in [2.45, 2.75) is 32.6 Å². The minimum Gasteiger partial charge on any atom is -0.252 e. The van der Waals surface area contributed by atoms with E-state index in [1.165, 1.54) is 38.9 Å². The lowest BCUT2D eigenvalue weighted by atomic mass is 9.63. The van der Waals surface area contributed by atoms with Gasteiger partial charge in [-0.2, -0.15) is 5.26 Å². The molecule has 0 saturated carbocycles. The summed E-state index contributed by atoms with van der Waals surface area (Å²) in [4.78, 5) is 11.0. The van der Waals surface area contributed by atoms with Gasteiger partial charge >= 0.3 is 0 Å². The van der Waals surface area contributed by atoms with Crippen molar-refractivity contribution in [2.75, 3.05) is 0 Å². The largest absolute Gasteiger partial charge is 0.252 e. The van der Waals surface area contributed by atoms with Gasteiger partial charge in [-0.05, 0) is 93.1 Å². The van der Waals surface area contributed by atoms with Gasteiger partial charge in [0.25, 0.3) is 0 Å². The van der Waals surface area contributed by atoms with E-state index in [0.29, 0.717) is 11.5 Å². The van der Waals surface area contributed by atoms with E-state index in [1.807, 2.05) is 24.3 Å². The number of benzene rings is 5. The molecule has 51 heavy (non-hydrogen) atoms. The Labute approximate surface area is 299 Å². The Morgan fingerprint density at radius 2 is 1.31 bits per heavy atom. The highest BCUT2D eigenvalue weighted by atomic mass is 14.8. The highest BCUT2D eigenvalue weighted by Crippen LogP contribution is 2.57. The Kier molecular flexibility index (Phi) is 7.48. The molecule has 0 amide bonds. The van der Waals surface area contributed by atoms with Gasteiger partial charge in [0, 0.05) is 22.8 Å². The third kappa shape index (κ3) is 5.10. The molecule has 244 valence electrons.